The van der Waals surface area contributed by atoms with E-state index in [0.717, 1.165) is 19.3 Å². The molecule has 1 heterocycles. The number of nitrogens with two attached hydrogens (primary N) is 1. The van der Waals surface area contributed by atoms with Gasteiger partial charge in [0.2, 0.25) is 0 Å². The third-order valence-electron chi connectivity index (χ3n) is 2.81. The summed E-state index contributed by atoms with van der Waals surface area (Å²) in [5.74, 6) is 0.440. The lowest BCUT2D eigenvalue weighted by Crippen LogP contribution is -2.10. The van der Waals surface area contributed by atoms with Gasteiger partial charge in [-0.3, -0.25) is 0 Å². The highest BCUT2D eigenvalue weighted by Gasteiger charge is 2.15. The monoisotopic (exact) mass is 266 g/mol. The van der Waals surface area contributed by atoms with Crippen LogP contribution in [0.5, 0.6) is 17.2 Å². The molecule has 6 heteroatoms. The second-order valence-electron chi connectivity index (χ2n) is 4.46. The van der Waals surface area contributed by atoms with Gasteiger partial charge in [-0.1, -0.05) is 0 Å². The first-order valence-corrected chi connectivity index (χ1v) is 6.25. The molecule has 104 valence electrons. The highest BCUT2D eigenvalue weighted by atomic mass is 16.5. The van der Waals surface area contributed by atoms with E-state index in [-0.39, 0.29) is 23.6 Å². The molecule has 0 saturated heterocycles. The Hall–Kier alpha value is -2.11. The van der Waals surface area contributed by atoms with Crippen molar-refractivity contribution in [3.63, 3.8) is 0 Å². The lowest BCUT2D eigenvalue weighted by molar-refractivity contribution is 0.285. The van der Waals surface area contributed by atoms with Gasteiger partial charge in [0.1, 0.15) is 23.9 Å². The highest BCUT2D eigenvalue weighted by molar-refractivity contribution is 5.72. The van der Waals surface area contributed by atoms with E-state index in [1.165, 1.54) is 18.2 Å². The zero-order chi connectivity index (χ0) is 13.7. The largest absolute Gasteiger partial charge is 0.508 e. The number of phenols is 2. The fraction of sp³-hybridized carbons (Fsp3) is 0.462. The van der Waals surface area contributed by atoms with Crippen LogP contribution in [0.1, 0.15) is 19.3 Å². The molecule has 1 aromatic rings. The molecule has 19 heavy (non-hydrogen) atoms. The SMILES string of the molecule is NC1=N[C@@H](CCCCOc2cc(O)cc(O)c2)CO1. The van der Waals surface area contributed by atoms with Crippen molar-refractivity contribution < 1.29 is 19.7 Å². The summed E-state index contributed by atoms with van der Waals surface area (Å²) >= 11 is 0. The van der Waals surface area contributed by atoms with E-state index >= 15 is 0 Å². The van der Waals surface area contributed by atoms with Crippen molar-refractivity contribution in [1.29, 1.82) is 0 Å². The summed E-state index contributed by atoms with van der Waals surface area (Å²) in [6.45, 7) is 1.09. The maximum absolute atomic E-state index is 9.28. The van der Waals surface area contributed by atoms with Crippen LogP contribution in [-0.2, 0) is 4.74 Å². The van der Waals surface area contributed by atoms with Crippen molar-refractivity contribution in [3.8, 4) is 17.2 Å². The molecular weight excluding hydrogens is 248 g/mol. The summed E-state index contributed by atoms with van der Waals surface area (Å²) in [4.78, 5) is 4.13. The summed E-state index contributed by atoms with van der Waals surface area (Å²) in [7, 11) is 0. The van der Waals surface area contributed by atoms with Crippen LogP contribution in [0.2, 0.25) is 0 Å². The third kappa shape index (κ3) is 4.24. The lowest BCUT2D eigenvalue weighted by Gasteiger charge is -2.08. The summed E-state index contributed by atoms with van der Waals surface area (Å²) in [5, 5.41) is 18.6. The average Bonchev–Trinajstić information content (AvgIpc) is 2.73. The van der Waals surface area contributed by atoms with Crippen molar-refractivity contribution in [1.82, 2.24) is 0 Å². The summed E-state index contributed by atoms with van der Waals surface area (Å²) < 4.78 is 10.5. The Bertz CT molecular complexity index is 442. The zero-order valence-electron chi connectivity index (χ0n) is 10.6. The van der Waals surface area contributed by atoms with Gasteiger partial charge in [-0.25, -0.2) is 4.99 Å². The Kier molecular flexibility index (Phi) is 4.33. The average molecular weight is 266 g/mol. The number of aromatic hydroxyl groups is 2. The molecule has 0 bridgehead atoms. The Morgan fingerprint density at radius 1 is 1.26 bits per heavy atom. The van der Waals surface area contributed by atoms with Gasteiger partial charge in [0.15, 0.2) is 0 Å². The van der Waals surface area contributed by atoms with Gasteiger partial charge < -0.3 is 25.4 Å². The van der Waals surface area contributed by atoms with Crippen LogP contribution in [0.3, 0.4) is 0 Å². The minimum Gasteiger partial charge on any atom is -0.508 e. The first kappa shape index (κ1) is 13.3. The molecular formula is C13H18N2O4. The summed E-state index contributed by atoms with van der Waals surface area (Å²) in [6, 6.07) is 4.63. The molecule has 0 aromatic heterocycles. The number of hydrogen-bond donors (Lipinski definition) is 3. The Morgan fingerprint density at radius 2 is 2.00 bits per heavy atom. The third-order valence-corrected chi connectivity index (χ3v) is 2.81. The number of hydrogen-bond acceptors (Lipinski definition) is 6. The molecule has 1 aromatic carbocycles. The predicted octanol–water partition coefficient (Wildman–Crippen LogP) is 1.36. The van der Waals surface area contributed by atoms with Crippen molar-refractivity contribution in [2.24, 2.45) is 10.7 Å². The maximum atomic E-state index is 9.28. The first-order chi connectivity index (χ1) is 9.13. The van der Waals surface area contributed by atoms with Crippen LogP contribution in [0.4, 0.5) is 0 Å². The predicted molar refractivity (Wildman–Crippen MR) is 70.5 cm³/mol. The topological polar surface area (TPSA) is 97.3 Å². The molecule has 0 fully saturated rings. The maximum Gasteiger partial charge on any atom is 0.282 e. The van der Waals surface area contributed by atoms with E-state index < -0.39 is 0 Å². The minimum atomic E-state index is -0.0112. The number of benzene rings is 1. The van der Waals surface area contributed by atoms with Crippen LogP contribution in [0.15, 0.2) is 23.2 Å². The molecule has 1 aliphatic heterocycles. The van der Waals surface area contributed by atoms with Gasteiger partial charge >= 0.3 is 0 Å². The second kappa shape index (κ2) is 6.17. The standard InChI is InChI=1S/C13H18N2O4/c14-13-15-9(8-19-13)3-1-2-4-18-12-6-10(16)5-11(17)7-12/h5-7,9,16-17H,1-4,8H2,(H2,14,15)/t9-/m0/s1. The number of aliphatic imine (C=N–C) groups is 1. The van der Waals surface area contributed by atoms with Gasteiger partial charge in [-0.2, -0.15) is 0 Å². The summed E-state index contributed by atoms with van der Waals surface area (Å²) in [6.07, 6.45) is 2.73. The van der Waals surface area contributed by atoms with Gasteiger partial charge in [-0.15, -0.1) is 0 Å². The van der Waals surface area contributed by atoms with Crippen molar-refractivity contribution in [2.45, 2.75) is 25.3 Å². The Morgan fingerprint density at radius 3 is 2.63 bits per heavy atom. The molecule has 1 atom stereocenters. The van der Waals surface area contributed by atoms with E-state index in [9.17, 15) is 10.2 Å². The zero-order valence-corrected chi connectivity index (χ0v) is 10.6. The van der Waals surface area contributed by atoms with E-state index in [2.05, 4.69) is 4.99 Å². The minimum absolute atomic E-state index is 0.0112. The van der Waals surface area contributed by atoms with E-state index in [1.807, 2.05) is 0 Å². The number of unbranched alkanes of at least 4 members (excludes halogenated alkanes) is 1. The molecule has 0 radical (unpaired) electrons. The quantitative estimate of drug-likeness (QED) is 0.675. The van der Waals surface area contributed by atoms with Crippen molar-refractivity contribution >= 4 is 6.02 Å². The van der Waals surface area contributed by atoms with Gasteiger partial charge in [0.05, 0.1) is 12.6 Å². The number of amidine groups is 1. The molecule has 0 saturated carbocycles. The highest BCUT2D eigenvalue weighted by Crippen LogP contribution is 2.25. The van der Waals surface area contributed by atoms with Crippen LogP contribution in [0, 0.1) is 0 Å². The van der Waals surface area contributed by atoms with E-state index in [4.69, 9.17) is 15.2 Å². The molecule has 0 unspecified atom stereocenters. The second-order valence-corrected chi connectivity index (χ2v) is 4.46. The number of nitrogens with zero attached hydrogens (tertiary/aromatic N) is 1. The van der Waals surface area contributed by atoms with Crippen LogP contribution in [-0.4, -0.2) is 35.5 Å². The lowest BCUT2D eigenvalue weighted by atomic mass is 10.1. The van der Waals surface area contributed by atoms with Gasteiger partial charge in [-0.05, 0) is 19.3 Å². The van der Waals surface area contributed by atoms with E-state index in [1.54, 1.807) is 0 Å². The molecule has 0 amide bonds. The Balaban J connectivity index is 1.64. The fourth-order valence-corrected chi connectivity index (χ4v) is 1.91. The van der Waals surface area contributed by atoms with Crippen molar-refractivity contribution in [3.05, 3.63) is 18.2 Å². The Labute approximate surface area is 111 Å². The fourth-order valence-electron chi connectivity index (χ4n) is 1.91. The van der Waals surface area contributed by atoms with Crippen LogP contribution in [0.25, 0.3) is 0 Å². The van der Waals surface area contributed by atoms with Crippen LogP contribution >= 0.6 is 0 Å². The number of phenolic OH excluding ortho intramolecular Hbond substituents is 2. The van der Waals surface area contributed by atoms with Crippen LogP contribution < -0.4 is 10.5 Å². The first-order valence-electron chi connectivity index (χ1n) is 6.25. The number of rotatable bonds is 6. The molecule has 0 spiro atoms. The molecule has 4 N–H and O–H groups in total. The molecule has 2 rings (SSSR count). The van der Waals surface area contributed by atoms with E-state index in [0.29, 0.717) is 19.0 Å². The van der Waals surface area contributed by atoms with Gasteiger partial charge in [0.25, 0.3) is 6.02 Å². The smallest absolute Gasteiger partial charge is 0.282 e. The molecule has 6 nitrogen and oxygen atoms in total. The molecule has 1 aliphatic rings. The van der Waals surface area contributed by atoms with Gasteiger partial charge in [0, 0.05) is 18.2 Å². The summed E-state index contributed by atoms with van der Waals surface area (Å²) in [5.41, 5.74) is 5.42. The normalized spacial score (nSPS) is 17.9. The number of ether oxygens (including phenoxy) is 2. The van der Waals surface area contributed by atoms with Crippen molar-refractivity contribution in [2.75, 3.05) is 13.2 Å². The molecule has 0 aliphatic carbocycles.